The number of rotatable bonds is 5. The molecule has 1 aliphatic heterocycles. The van der Waals surface area contributed by atoms with Gasteiger partial charge in [0.1, 0.15) is 11.3 Å². The first-order valence-electron chi connectivity index (χ1n) is 9.06. The molecule has 27 heavy (non-hydrogen) atoms. The molecular formula is C19H21FN6O. The zero-order valence-corrected chi connectivity index (χ0v) is 14.9. The molecule has 1 atom stereocenters. The van der Waals surface area contributed by atoms with Crippen molar-refractivity contribution in [2.45, 2.75) is 25.3 Å². The van der Waals surface area contributed by atoms with Crippen LogP contribution in [0.4, 0.5) is 4.39 Å². The average Bonchev–Trinajstić information content (AvgIpc) is 3.29. The summed E-state index contributed by atoms with van der Waals surface area (Å²) in [4.78, 5) is 23.2. The molecule has 0 aliphatic carbocycles. The van der Waals surface area contributed by atoms with Crippen LogP contribution in [0, 0.1) is 5.82 Å². The Labute approximate surface area is 156 Å². The lowest BCUT2D eigenvalue weighted by Crippen LogP contribution is -2.30. The van der Waals surface area contributed by atoms with E-state index < -0.39 is 0 Å². The van der Waals surface area contributed by atoms with E-state index in [0.29, 0.717) is 37.4 Å². The summed E-state index contributed by atoms with van der Waals surface area (Å²) in [6, 6.07) is 6.40. The predicted octanol–water partition coefficient (Wildman–Crippen LogP) is 1.48. The maximum Gasteiger partial charge on any atom is 0.227 e. The number of hydrogen-bond acceptors (Lipinski definition) is 5. The quantitative estimate of drug-likeness (QED) is 0.737. The molecular weight excluding hydrogens is 347 g/mol. The molecule has 140 valence electrons. The topological polar surface area (TPSA) is 89.9 Å². The van der Waals surface area contributed by atoms with Crippen LogP contribution in [0.3, 0.4) is 0 Å². The van der Waals surface area contributed by atoms with Gasteiger partial charge in [0.2, 0.25) is 5.91 Å². The van der Waals surface area contributed by atoms with Crippen LogP contribution in [0.15, 0.2) is 36.7 Å². The molecule has 8 heteroatoms. The second-order valence-electron chi connectivity index (χ2n) is 6.72. The number of carbonyl (C=O) groups excluding carboxylic acids is 1. The minimum atomic E-state index is -0.344. The van der Waals surface area contributed by atoms with Crippen molar-refractivity contribution in [2.75, 3.05) is 19.6 Å². The number of hydrogen-bond donors (Lipinski definition) is 1. The van der Waals surface area contributed by atoms with Crippen LogP contribution in [-0.2, 0) is 17.8 Å². The fraction of sp³-hybridized carbons (Fsp3) is 0.368. The van der Waals surface area contributed by atoms with Crippen LogP contribution in [0.5, 0.6) is 0 Å². The maximum atomic E-state index is 13.8. The van der Waals surface area contributed by atoms with Crippen molar-refractivity contribution < 1.29 is 9.18 Å². The second-order valence-corrected chi connectivity index (χ2v) is 6.72. The Hall–Kier alpha value is -2.87. The van der Waals surface area contributed by atoms with Gasteiger partial charge in [0.15, 0.2) is 5.65 Å². The van der Waals surface area contributed by atoms with Gasteiger partial charge in [-0.15, -0.1) is 0 Å². The Morgan fingerprint density at radius 2 is 2.07 bits per heavy atom. The summed E-state index contributed by atoms with van der Waals surface area (Å²) in [6.07, 6.45) is 4.16. The van der Waals surface area contributed by atoms with E-state index in [1.807, 2.05) is 0 Å². The first-order chi connectivity index (χ1) is 13.2. The minimum Gasteiger partial charge on any atom is -0.342 e. The van der Waals surface area contributed by atoms with Crippen molar-refractivity contribution in [3.63, 3.8) is 0 Å². The van der Waals surface area contributed by atoms with Gasteiger partial charge in [0.25, 0.3) is 0 Å². The van der Waals surface area contributed by atoms with E-state index in [0.717, 1.165) is 17.6 Å². The van der Waals surface area contributed by atoms with E-state index in [-0.39, 0.29) is 24.1 Å². The largest absolute Gasteiger partial charge is 0.342 e. The lowest BCUT2D eigenvalue weighted by atomic mass is 10.0. The number of nitrogens with zero attached hydrogens (tertiary/aromatic N) is 5. The van der Waals surface area contributed by atoms with Crippen LogP contribution in [-0.4, -0.2) is 50.2 Å². The molecule has 4 rings (SSSR count). The molecule has 2 N–H and O–H groups in total. The summed E-state index contributed by atoms with van der Waals surface area (Å²) in [5.74, 6) is -0.324. The third-order valence-electron chi connectivity index (χ3n) is 4.96. The Balaban J connectivity index is 1.52. The summed E-state index contributed by atoms with van der Waals surface area (Å²) in [6.45, 7) is 2.21. The highest BCUT2D eigenvalue weighted by Crippen LogP contribution is 2.30. The number of fused-ring (bicyclic) bond motifs is 1. The SMILES string of the molecule is NCCn1nc([C@H]2CCN(C(=O)Cc3ccccc3F)C2)c2nccnc21. The lowest BCUT2D eigenvalue weighted by molar-refractivity contribution is -0.129. The molecule has 0 spiro atoms. The molecule has 0 radical (unpaired) electrons. The fourth-order valence-corrected chi connectivity index (χ4v) is 3.60. The molecule has 0 bridgehead atoms. The van der Waals surface area contributed by atoms with Gasteiger partial charge in [-0.3, -0.25) is 4.79 Å². The summed E-state index contributed by atoms with van der Waals surface area (Å²) < 4.78 is 15.6. The molecule has 7 nitrogen and oxygen atoms in total. The van der Waals surface area contributed by atoms with E-state index in [4.69, 9.17) is 5.73 Å². The zero-order chi connectivity index (χ0) is 18.8. The van der Waals surface area contributed by atoms with E-state index >= 15 is 0 Å². The lowest BCUT2D eigenvalue weighted by Gasteiger charge is -2.16. The number of halogens is 1. The highest BCUT2D eigenvalue weighted by molar-refractivity contribution is 5.79. The maximum absolute atomic E-state index is 13.8. The van der Waals surface area contributed by atoms with Gasteiger partial charge >= 0.3 is 0 Å². The Bertz CT molecular complexity index is 972. The standard InChI is InChI=1S/C19H21FN6O/c20-15-4-2-1-3-13(15)11-16(27)25-9-5-14(12-25)17-18-19(23-8-7-22-18)26(24-17)10-6-21/h1-4,7-8,14H,5-6,9-12,21H2/t14-/m0/s1. The van der Waals surface area contributed by atoms with Crippen molar-refractivity contribution in [3.05, 3.63) is 53.7 Å². The Morgan fingerprint density at radius 3 is 2.89 bits per heavy atom. The number of carbonyl (C=O) groups is 1. The van der Waals surface area contributed by atoms with Crippen LogP contribution in [0.2, 0.25) is 0 Å². The summed E-state index contributed by atoms with van der Waals surface area (Å²) in [5.41, 5.74) is 8.43. The van der Waals surface area contributed by atoms with Gasteiger partial charge < -0.3 is 10.6 Å². The Kier molecular flexibility index (Phi) is 4.81. The van der Waals surface area contributed by atoms with Gasteiger partial charge in [0.05, 0.1) is 18.7 Å². The number of aromatic nitrogens is 4. The molecule has 1 aliphatic rings. The summed E-state index contributed by atoms with van der Waals surface area (Å²) >= 11 is 0. The molecule has 2 aromatic heterocycles. The highest BCUT2D eigenvalue weighted by Gasteiger charge is 2.31. The highest BCUT2D eigenvalue weighted by atomic mass is 19.1. The van der Waals surface area contributed by atoms with Crippen LogP contribution in [0.25, 0.3) is 11.2 Å². The van der Waals surface area contributed by atoms with Crippen molar-refractivity contribution in [3.8, 4) is 0 Å². The smallest absolute Gasteiger partial charge is 0.227 e. The van der Waals surface area contributed by atoms with E-state index in [1.165, 1.54) is 6.07 Å². The summed E-state index contributed by atoms with van der Waals surface area (Å²) in [7, 11) is 0. The number of likely N-dealkylation sites (tertiary alicyclic amines) is 1. The predicted molar refractivity (Wildman–Crippen MR) is 98.4 cm³/mol. The second kappa shape index (κ2) is 7.40. The van der Waals surface area contributed by atoms with Crippen molar-refractivity contribution >= 4 is 17.1 Å². The molecule has 3 aromatic rings. The van der Waals surface area contributed by atoms with Crippen LogP contribution >= 0.6 is 0 Å². The van der Waals surface area contributed by atoms with Gasteiger partial charge in [0, 0.05) is 37.9 Å². The average molecular weight is 368 g/mol. The Morgan fingerprint density at radius 1 is 1.26 bits per heavy atom. The van der Waals surface area contributed by atoms with Crippen molar-refractivity contribution in [1.29, 1.82) is 0 Å². The van der Waals surface area contributed by atoms with Crippen molar-refractivity contribution in [1.82, 2.24) is 24.6 Å². The van der Waals surface area contributed by atoms with Crippen molar-refractivity contribution in [2.24, 2.45) is 5.73 Å². The van der Waals surface area contributed by atoms with E-state index in [1.54, 1.807) is 40.2 Å². The third kappa shape index (κ3) is 3.40. The molecule has 1 saturated heterocycles. The molecule has 1 fully saturated rings. The van der Waals surface area contributed by atoms with Crippen LogP contribution in [0.1, 0.15) is 23.6 Å². The van der Waals surface area contributed by atoms with Gasteiger partial charge in [-0.25, -0.2) is 19.0 Å². The number of nitrogens with two attached hydrogens (primary N) is 1. The first-order valence-corrected chi connectivity index (χ1v) is 9.06. The van der Waals surface area contributed by atoms with Gasteiger partial charge in [-0.2, -0.15) is 5.10 Å². The zero-order valence-electron chi connectivity index (χ0n) is 14.9. The third-order valence-corrected chi connectivity index (χ3v) is 4.96. The van der Waals surface area contributed by atoms with Crippen LogP contribution < -0.4 is 5.73 Å². The molecule has 1 aromatic carbocycles. The summed E-state index contributed by atoms with van der Waals surface area (Å²) in [5, 5.41) is 4.67. The van der Waals surface area contributed by atoms with Gasteiger partial charge in [-0.05, 0) is 18.1 Å². The molecule has 0 saturated carbocycles. The minimum absolute atomic E-state index is 0.0700. The molecule has 1 amide bonds. The van der Waals surface area contributed by atoms with E-state index in [9.17, 15) is 9.18 Å². The molecule has 0 unspecified atom stereocenters. The molecule has 3 heterocycles. The first kappa shape index (κ1) is 17.5. The van der Waals surface area contributed by atoms with E-state index in [2.05, 4.69) is 15.1 Å². The normalized spacial score (nSPS) is 17.0. The monoisotopic (exact) mass is 368 g/mol. The number of benzene rings is 1. The fourth-order valence-electron chi connectivity index (χ4n) is 3.60. The number of amides is 1. The van der Waals surface area contributed by atoms with Gasteiger partial charge in [-0.1, -0.05) is 18.2 Å².